The highest BCUT2D eigenvalue weighted by Crippen LogP contribution is 2.10. The Hall–Kier alpha value is -1.82. The van der Waals surface area contributed by atoms with Gasteiger partial charge in [-0.3, -0.25) is 0 Å². The zero-order valence-electron chi connectivity index (χ0n) is 8.47. The van der Waals surface area contributed by atoms with E-state index in [0.717, 1.165) is 0 Å². The van der Waals surface area contributed by atoms with Crippen LogP contribution in [-0.4, -0.2) is 15.0 Å². The van der Waals surface area contributed by atoms with E-state index < -0.39 is 10.0 Å². The second-order valence-corrected chi connectivity index (χ2v) is 4.76. The van der Waals surface area contributed by atoms with Gasteiger partial charge in [0.2, 0.25) is 10.0 Å². The van der Waals surface area contributed by atoms with Crippen LogP contribution in [0.2, 0.25) is 0 Å². The van der Waals surface area contributed by atoms with Gasteiger partial charge in [0.1, 0.15) is 0 Å². The van der Waals surface area contributed by atoms with E-state index in [2.05, 4.69) is 10.6 Å². The number of benzene rings is 1. The van der Waals surface area contributed by atoms with Crippen molar-refractivity contribution < 1.29 is 8.42 Å². The summed E-state index contributed by atoms with van der Waals surface area (Å²) in [5, 5.41) is 8.65. The Labute approximate surface area is 95.0 Å². The number of sulfonamides is 1. The zero-order chi connectivity index (χ0) is 12.0. The van der Waals surface area contributed by atoms with Gasteiger partial charge in [-0.2, -0.15) is 5.26 Å². The van der Waals surface area contributed by atoms with E-state index in [1.807, 2.05) is 6.07 Å². The Balaban J connectivity index is 2.91. The molecule has 16 heavy (non-hydrogen) atoms. The van der Waals surface area contributed by atoms with E-state index in [9.17, 15) is 8.42 Å². The Bertz CT molecular complexity index is 550. The van der Waals surface area contributed by atoms with Gasteiger partial charge in [-0.25, -0.2) is 13.1 Å². The predicted molar refractivity (Wildman–Crippen MR) is 59.8 cm³/mol. The van der Waals surface area contributed by atoms with Gasteiger partial charge >= 0.3 is 0 Å². The number of rotatable bonds is 4. The first-order valence-electron chi connectivity index (χ1n) is 4.53. The standard InChI is InChI=1S/C11H10N2O2S/c1-2-3-7-13-16(14,15)11-6-4-5-10(8-11)9-12/h1,4-6,8,13H,3,7H2. The highest BCUT2D eigenvalue weighted by molar-refractivity contribution is 7.89. The molecule has 0 heterocycles. The van der Waals surface area contributed by atoms with Crippen molar-refractivity contribution in [2.24, 2.45) is 0 Å². The highest BCUT2D eigenvalue weighted by atomic mass is 32.2. The molecule has 0 fully saturated rings. The van der Waals surface area contributed by atoms with Crippen LogP contribution in [0.15, 0.2) is 29.2 Å². The molecule has 0 bridgehead atoms. The molecule has 0 atom stereocenters. The summed E-state index contributed by atoms with van der Waals surface area (Å²) in [4.78, 5) is 0.0728. The van der Waals surface area contributed by atoms with Crippen molar-refractivity contribution in [2.45, 2.75) is 11.3 Å². The summed E-state index contributed by atoms with van der Waals surface area (Å²) in [6, 6.07) is 7.69. The number of hydrogen-bond donors (Lipinski definition) is 1. The third kappa shape index (κ3) is 3.09. The van der Waals surface area contributed by atoms with Gasteiger partial charge in [0.05, 0.1) is 16.5 Å². The molecule has 0 aliphatic rings. The van der Waals surface area contributed by atoms with E-state index >= 15 is 0 Å². The third-order valence-corrected chi connectivity index (χ3v) is 3.29. The molecule has 0 saturated heterocycles. The molecule has 0 spiro atoms. The molecule has 0 radical (unpaired) electrons. The van der Waals surface area contributed by atoms with Crippen molar-refractivity contribution in [2.75, 3.05) is 6.54 Å². The first-order chi connectivity index (χ1) is 7.60. The Morgan fingerprint density at radius 1 is 1.44 bits per heavy atom. The fourth-order valence-corrected chi connectivity index (χ4v) is 2.15. The second-order valence-electron chi connectivity index (χ2n) is 2.99. The maximum absolute atomic E-state index is 11.7. The van der Waals surface area contributed by atoms with E-state index in [4.69, 9.17) is 11.7 Å². The Morgan fingerprint density at radius 2 is 2.19 bits per heavy atom. The molecule has 1 N–H and O–H groups in total. The zero-order valence-corrected chi connectivity index (χ0v) is 9.29. The molecule has 0 aromatic heterocycles. The van der Waals surface area contributed by atoms with Crippen LogP contribution in [0.25, 0.3) is 0 Å². The molecule has 0 saturated carbocycles. The smallest absolute Gasteiger partial charge is 0.210 e. The molecule has 0 amide bonds. The number of hydrogen-bond acceptors (Lipinski definition) is 3. The van der Waals surface area contributed by atoms with Gasteiger partial charge in [-0.05, 0) is 18.2 Å². The number of nitrogens with zero attached hydrogens (tertiary/aromatic N) is 1. The minimum Gasteiger partial charge on any atom is -0.210 e. The molecular formula is C11H10N2O2S. The normalized spacial score (nSPS) is 10.4. The molecule has 0 aliphatic carbocycles. The second kappa shape index (κ2) is 5.32. The van der Waals surface area contributed by atoms with Crippen LogP contribution in [0.4, 0.5) is 0 Å². The van der Waals surface area contributed by atoms with Crippen molar-refractivity contribution in [1.29, 1.82) is 5.26 Å². The van der Waals surface area contributed by atoms with Crippen LogP contribution in [0.5, 0.6) is 0 Å². The summed E-state index contributed by atoms with van der Waals surface area (Å²) in [5.74, 6) is 2.34. The lowest BCUT2D eigenvalue weighted by Gasteiger charge is -2.04. The van der Waals surface area contributed by atoms with Gasteiger partial charge in [0.25, 0.3) is 0 Å². The highest BCUT2D eigenvalue weighted by Gasteiger charge is 2.12. The van der Waals surface area contributed by atoms with Crippen LogP contribution < -0.4 is 4.72 Å². The Morgan fingerprint density at radius 3 is 2.81 bits per heavy atom. The average Bonchev–Trinajstić information content (AvgIpc) is 2.29. The number of nitriles is 1. The van der Waals surface area contributed by atoms with Crippen molar-refractivity contribution in [3.05, 3.63) is 29.8 Å². The van der Waals surface area contributed by atoms with Crippen LogP contribution in [0.3, 0.4) is 0 Å². The number of nitrogens with one attached hydrogen (secondary N) is 1. The van der Waals surface area contributed by atoms with Gasteiger partial charge in [-0.1, -0.05) is 6.07 Å². The van der Waals surface area contributed by atoms with E-state index in [-0.39, 0.29) is 11.4 Å². The fraction of sp³-hybridized carbons (Fsp3) is 0.182. The minimum absolute atomic E-state index is 0.0728. The summed E-state index contributed by atoms with van der Waals surface area (Å²) < 4.78 is 25.7. The van der Waals surface area contributed by atoms with E-state index in [1.54, 1.807) is 6.07 Å². The van der Waals surface area contributed by atoms with Crippen LogP contribution in [-0.2, 0) is 10.0 Å². The summed E-state index contributed by atoms with van der Waals surface area (Å²) in [5.41, 5.74) is 0.305. The fourth-order valence-electron chi connectivity index (χ4n) is 1.07. The Kier molecular flexibility index (Phi) is 4.07. The van der Waals surface area contributed by atoms with Crippen molar-refractivity contribution in [1.82, 2.24) is 4.72 Å². The summed E-state index contributed by atoms with van der Waals surface area (Å²) in [6.07, 6.45) is 5.34. The summed E-state index contributed by atoms with van der Waals surface area (Å²) in [7, 11) is -3.56. The van der Waals surface area contributed by atoms with Gasteiger partial charge in [0, 0.05) is 13.0 Å². The lowest BCUT2D eigenvalue weighted by Crippen LogP contribution is -2.24. The van der Waals surface area contributed by atoms with Crippen molar-refractivity contribution in [3.63, 3.8) is 0 Å². The average molecular weight is 234 g/mol. The quantitative estimate of drug-likeness (QED) is 0.620. The molecule has 1 rings (SSSR count). The molecule has 1 aromatic rings. The summed E-state index contributed by atoms with van der Waals surface area (Å²) >= 11 is 0. The monoisotopic (exact) mass is 234 g/mol. The maximum Gasteiger partial charge on any atom is 0.240 e. The third-order valence-electron chi connectivity index (χ3n) is 1.83. The van der Waals surface area contributed by atoms with Gasteiger partial charge in [0.15, 0.2) is 0 Å². The molecule has 82 valence electrons. The summed E-state index contributed by atoms with van der Waals surface area (Å²) in [6.45, 7) is 0.190. The molecule has 5 heteroatoms. The predicted octanol–water partition coefficient (Wildman–Crippen LogP) is 0.860. The van der Waals surface area contributed by atoms with Crippen LogP contribution in [0, 0.1) is 23.7 Å². The van der Waals surface area contributed by atoms with E-state index in [0.29, 0.717) is 12.0 Å². The SMILES string of the molecule is C#CCCNS(=O)(=O)c1cccc(C#N)c1. The lowest BCUT2D eigenvalue weighted by atomic mass is 10.2. The first-order valence-corrected chi connectivity index (χ1v) is 6.02. The molecular weight excluding hydrogens is 224 g/mol. The molecule has 4 nitrogen and oxygen atoms in total. The van der Waals surface area contributed by atoms with Crippen molar-refractivity contribution >= 4 is 10.0 Å². The molecule has 0 unspecified atom stereocenters. The topological polar surface area (TPSA) is 70.0 Å². The van der Waals surface area contributed by atoms with Crippen LogP contribution in [0.1, 0.15) is 12.0 Å². The largest absolute Gasteiger partial charge is 0.240 e. The van der Waals surface area contributed by atoms with Crippen LogP contribution >= 0.6 is 0 Å². The van der Waals surface area contributed by atoms with E-state index in [1.165, 1.54) is 18.2 Å². The van der Waals surface area contributed by atoms with Gasteiger partial charge in [-0.15, -0.1) is 12.3 Å². The number of terminal acetylenes is 1. The molecule has 1 aromatic carbocycles. The van der Waals surface area contributed by atoms with Crippen molar-refractivity contribution in [3.8, 4) is 18.4 Å². The molecule has 0 aliphatic heterocycles. The minimum atomic E-state index is -3.56. The maximum atomic E-state index is 11.7. The first kappa shape index (κ1) is 12.3. The lowest BCUT2D eigenvalue weighted by molar-refractivity contribution is 0.582. The van der Waals surface area contributed by atoms with Gasteiger partial charge < -0.3 is 0 Å².